The first-order valence-corrected chi connectivity index (χ1v) is 7.88. The number of methoxy groups -OCH3 is 1. The van der Waals surface area contributed by atoms with Crippen molar-refractivity contribution >= 4 is 27.5 Å². The van der Waals surface area contributed by atoms with Gasteiger partial charge in [0.1, 0.15) is 11.6 Å². The van der Waals surface area contributed by atoms with Crippen molar-refractivity contribution in [2.45, 2.75) is 25.6 Å². The molecule has 112 valence electrons. The van der Waals surface area contributed by atoms with E-state index < -0.39 is 0 Å². The van der Waals surface area contributed by atoms with Crippen LogP contribution in [-0.2, 0) is 6.42 Å². The first-order valence-electron chi connectivity index (χ1n) is 6.65. The Morgan fingerprint density at radius 2 is 1.90 bits per heavy atom. The van der Waals surface area contributed by atoms with Crippen molar-refractivity contribution < 1.29 is 9.13 Å². The Bertz CT molecular complexity index is 657. The molecule has 0 heterocycles. The van der Waals surface area contributed by atoms with Crippen LogP contribution in [-0.4, -0.2) is 7.11 Å². The number of benzene rings is 2. The molecular formula is C17H17BrClFO. The van der Waals surface area contributed by atoms with Gasteiger partial charge < -0.3 is 4.74 Å². The minimum Gasteiger partial charge on any atom is -0.496 e. The highest BCUT2D eigenvalue weighted by Gasteiger charge is 2.17. The third kappa shape index (κ3) is 3.78. The molecule has 0 radical (unpaired) electrons. The summed E-state index contributed by atoms with van der Waals surface area (Å²) in [5, 5.41) is -0.279. The van der Waals surface area contributed by atoms with Gasteiger partial charge in [0, 0.05) is 11.6 Å². The zero-order chi connectivity index (χ0) is 15.6. The molecule has 2 aromatic carbocycles. The van der Waals surface area contributed by atoms with Crippen LogP contribution in [0.2, 0.25) is 0 Å². The second kappa shape index (κ2) is 6.80. The predicted octanol–water partition coefficient (Wildman–Crippen LogP) is 5.74. The van der Waals surface area contributed by atoms with E-state index in [1.165, 1.54) is 24.3 Å². The molecule has 0 bridgehead atoms. The second-order valence-electron chi connectivity index (χ2n) is 5.10. The molecule has 0 spiro atoms. The van der Waals surface area contributed by atoms with E-state index in [0.29, 0.717) is 16.6 Å². The average Bonchev–Trinajstić information content (AvgIpc) is 2.45. The fraction of sp³-hybridized carbons (Fsp3) is 0.294. The number of ether oxygens (including phenoxy) is 1. The van der Waals surface area contributed by atoms with Gasteiger partial charge in [-0.3, -0.25) is 0 Å². The summed E-state index contributed by atoms with van der Waals surface area (Å²) in [4.78, 5) is 0. The molecule has 0 fully saturated rings. The highest BCUT2D eigenvalue weighted by molar-refractivity contribution is 9.10. The SMILES string of the molecule is COc1cc(F)c(Br)cc1C(Cl)Cc1ccc(C)c(C)c1. The standard InChI is InChI=1S/C17H17BrClFO/c1-10-4-5-12(6-11(10)2)7-15(19)13-8-14(18)16(20)9-17(13)21-3/h4-6,8-9,15H,7H2,1-3H3. The molecule has 4 heteroatoms. The van der Waals surface area contributed by atoms with Gasteiger partial charge in [0.05, 0.1) is 17.0 Å². The molecule has 0 aromatic heterocycles. The van der Waals surface area contributed by atoms with Gasteiger partial charge in [-0.15, -0.1) is 11.6 Å². The van der Waals surface area contributed by atoms with Gasteiger partial charge in [-0.2, -0.15) is 0 Å². The Labute approximate surface area is 138 Å². The summed E-state index contributed by atoms with van der Waals surface area (Å²) >= 11 is 9.71. The Balaban J connectivity index is 2.29. The fourth-order valence-corrected chi connectivity index (χ4v) is 2.92. The maximum absolute atomic E-state index is 13.6. The minimum absolute atomic E-state index is 0.279. The number of hydrogen-bond donors (Lipinski definition) is 0. The van der Waals surface area contributed by atoms with Crippen LogP contribution in [0.4, 0.5) is 4.39 Å². The highest BCUT2D eigenvalue weighted by atomic mass is 79.9. The smallest absolute Gasteiger partial charge is 0.141 e. The van der Waals surface area contributed by atoms with Crippen molar-refractivity contribution in [3.63, 3.8) is 0 Å². The van der Waals surface area contributed by atoms with Crippen molar-refractivity contribution in [1.29, 1.82) is 0 Å². The summed E-state index contributed by atoms with van der Waals surface area (Å²) in [6.07, 6.45) is 0.664. The van der Waals surface area contributed by atoms with Crippen LogP contribution in [0.3, 0.4) is 0 Å². The Hall–Kier alpha value is -1.06. The molecule has 0 aliphatic carbocycles. The average molecular weight is 372 g/mol. The molecule has 0 saturated heterocycles. The Morgan fingerprint density at radius 1 is 1.19 bits per heavy atom. The molecule has 0 amide bonds. The molecular weight excluding hydrogens is 355 g/mol. The molecule has 2 rings (SSSR count). The predicted molar refractivity (Wildman–Crippen MR) is 88.9 cm³/mol. The van der Waals surface area contributed by atoms with Crippen LogP contribution >= 0.6 is 27.5 Å². The van der Waals surface area contributed by atoms with E-state index in [2.05, 4.69) is 48.0 Å². The number of aryl methyl sites for hydroxylation is 2. The quantitative estimate of drug-likeness (QED) is 0.623. The maximum Gasteiger partial charge on any atom is 0.141 e. The monoisotopic (exact) mass is 370 g/mol. The van der Waals surface area contributed by atoms with Crippen molar-refractivity contribution in [3.05, 3.63) is 62.9 Å². The second-order valence-corrected chi connectivity index (χ2v) is 6.48. The lowest BCUT2D eigenvalue weighted by molar-refractivity contribution is 0.405. The zero-order valence-corrected chi connectivity index (χ0v) is 14.6. The largest absolute Gasteiger partial charge is 0.496 e. The Morgan fingerprint density at radius 3 is 2.52 bits per heavy atom. The van der Waals surface area contributed by atoms with Crippen LogP contribution in [0, 0.1) is 19.7 Å². The van der Waals surface area contributed by atoms with E-state index in [9.17, 15) is 4.39 Å². The number of alkyl halides is 1. The summed E-state index contributed by atoms with van der Waals surface area (Å²) in [6.45, 7) is 4.16. The lowest BCUT2D eigenvalue weighted by Crippen LogP contribution is -2.01. The van der Waals surface area contributed by atoms with Crippen molar-refractivity contribution in [1.82, 2.24) is 0 Å². The van der Waals surface area contributed by atoms with E-state index in [0.717, 1.165) is 11.1 Å². The summed E-state index contributed by atoms with van der Waals surface area (Å²) in [6, 6.07) is 9.34. The molecule has 21 heavy (non-hydrogen) atoms. The fourth-order valence-electron chi connectivity index (χ4n) is 2.21. The first kappa shape index (κ1) is 16.3. The molecule has 2 aromatic rings. The summed E-state index contributed by atoms with van der Waals surface area (Å²) in [5.41, 5.74) is 4.43. The minimum atomic E-state index is -0.356. The Kier molecular flexibility index (Phi) is 5.28. The van der Waals surface area contributed by atoms with Gasteiger partial charge in [-0.25, -0.2) is 4.39 Å². The lowest BCUT2D eigenvalue weighted by atomic mass is 9.99. The highest BCUT2D eigenvalue weighted by Crippen LogP contribution is 2.36. The normalized spacial score (nSPS) is 12.3. The third-order valence-corrected chi connectivity index (χ3v) is 4.59. The third-order valence-electron chi connectivity index (χ3n) is 3.60. The van der Waals surface area contributed by atoms with Crippen molar-refractivity contribution in [3.8, 4) is 5.75 Å². The van der Waals surface area contributed by atoms with Gasteiger partial charge >= 0.3 is 0 Å². The van der Waals surface area contributed by atoms with E-state index in [1.807, 2.05) is 0 Å². The van der Waals surface area contributed by atoms with Crippen LogP contribution in [0.25, 0.3) is 0 Å². The molecule has 1 nitrogen and oxygen atoms in total. The molecule has 0 saturated carbocycles. The van der Waals surface area contributed by atoms with Crippen LogP contribution in [0.15, 0.2) is 34.8 Å². The maximum atomic E-state index is 13.6. The number of rotatable bonds is 4. The lowest BCUT2D eigenvalue weighted by Gasteiger charge is -2.15. The van der Waals surface area contributed by atoms with E-state index in [4.69, 9.17) is 16.3 Å². The summed E-state index contributed by atoms with van der Waals surface area (Å²) in [7, 11) is 1.52. The number of hydrogen-bond acceptors (Lipinski definition) is 1. The zero-order valence-electron chi connectivity index (χ0n) is 12.2. The molecule has 0 N–H and O–H groups in total. The van der Waals surface area contributed by atoms with Gasteiger partial charge in [-0.05, 0) is 59.0 Å². The number of halogens is 3. The first-order chi connectivity index (χ1) is 9.92. The summed E-state index contributed by atoms with van der Waals surface area (Å²) in [5.74, 6) is 0.116. The molecule has 0 aliphatic rings. The van der Waals surface area contributed by atoms with Gasteiger partial charge in [-0.1, -0.05) is 18.2 Å². The van der Waals surface area contributed by atoms with Gasteiger partial charge in [0.15, 0.2) is 0 Å². The molecule has 1 atom stereocenters. The van der Waals surface area contributed by atoms with E-state index in [-0.39, 0.29) is 11.2 Å². The van der Waals surface area contributed by atoms with Crippen LogP contribution in [0.1, 0.15) is 27.6 Å². The van der Waals surface area contributed by atoms with Crippen molar-refractivity contribution in [2.75, 3.05) is 7.11 Å². The van der Waals surface area contributed by atoms with Crippen LogP contribution < -0.4 is 4.74 Å². The molecule has 0 aliphatic heterocycles. The van der Waals surface area contributed by atoms with E-state index >= 15 is 0 Å². The van der Waals surface area contributed by atoms with Gasteiger partial charge in [0.2, 0.25) is 0 Å². The van der Waals surface area contributed by atoms with Gasteiger partial charge in [0.25, 0.3) is 0 Å². The van der Waals surface area contributed by atoms with Crippen LogP contribution in [0.5, 0.6) is 5.75 Å². The topological polar surface area (TPSA) is 9.23 Å². The summed E-state index contributed by atoms with van der Waals surface area (Å²) < 4.78 is 19.2. The van der Waals surface area contributed by atoms with E-state index in [1.54, 1.807) is 6.07 Å². The molecule has 1 unspecified atom stereocenters. The van der Waals surface area contributed by atoms with Crippen molar-refractivity contribution in [2.24, 2.45) is 0 Å².